The highest BCUT2D eigenvalue weighted by Crippen LogP contribution is 2.38. The molecule has 0 radical (unpaired) electrons. The van der Waals surface area contributed by atoms with Gasteiger partial charge in [0, 0.05) is 51.0 Å². The van der Waals surface area contributed by atoms with Gasteiger partial charge in [-0.2, -0.15) is 0 Å². The number of fused-ring (bicyclic) bond motifs is 4. The maximum atomic E-state index is 4.61. The smallest absolute Gasteiger partial charge is 0.106 e. The Balaban J connectivity index is 1.84. The number of nitrogens with zero attached hydrogens (tertiary/aromatic N) is 3. The van der Waals surface area contributed by atoms with Gasteiger partial charge in [-0.3, -0.25) is 15.0 Å². The molecule has 0 unspecified atom stereocenters. The Morgan fingerprint density at radius 2 is 1.74 bits per heavy atom. The second-order valence-electron chi connectivity index (χ2n) is 5.43. The lowest BCUT2D eigenvalue weighted by molar-refractivity contribution is 1.28. The summed E-state index contributed by atoms with van der Waals surface area (Å²) in [5, 5.41) is 4.69. The van der Waals surface area contributed by atoms with Crippen molar-refractivity contribution in [2.24, 2.45) is 0 Å². The molecule has 5 aromatic rings. The van der Waals surface area contributed by atoms with Gasteiger partial charge in [0.25, 0.3) is 0 Å². The van der Waals surface area contributed by atoms with Crippen LogP contribution in [0.15, 0.2) is 67.3 Å². The van der Waals surface area contributed by atoms with E-state index in [1.54, 1.807) is 17.5 Å². The molecule has 0 fully saturated rings. The van der Waals surface area contributed by atoms with Gasteiger partial charge in [0.2, 0.25) is 0 Å². The third kappa shape index (κ3) is 1.92. The monoisotopic (exact) mass is 313 g/mol. The van der Waals surface area contributed by atoms with Crippen molar-refractivity contribution in [1.82, 2.24) is 15.0 Å². The average Bonchev–Trinajstić information content (AvgIpc) is 3.00. The van der Waals surface area contributed by atoms with Crippen molar-refractivity contribution in [2.75, 3.05) is 0 Å². The highest BCUT2D eigenvalue weighted by atomic mass is 32.1. The van der Waals surface area contributed by atoms with Crippen LogP contribution in [0.3, 0.4) is 0 Å². The van der Waals surface area contributed by atoms with Crippen LogP contribution in [0.2, 0.25) is 0 Å². The van der Waals surface area contributed by atoms with E-state index in [-0.39, 0.29) is 0 Å². The molecule has 4 aromatic heterocycles. The number of pyridine rings is 3. The highest BCUT2D eigenvalue weighted by Gasteiger charge is 2.12. The van der Waals surface area contributed by atoms with E-state index in [9.17, 15) is 0 Å². The van der Waals surface area contributed by atoms with E-state index in [0.717, 1.165) is 22.2 Å². The van der Waals surface area contributed by atoms with Crippen LogP contribution in [0, 0.1) is 0 Å². The molecule has 0 saturated heterocycles. The Morgan fingerprint density at radius 1 is 0.783 bits per heavy atom. The van der Waals surface area contributed by atoms with E-state index >= 15 is 0 Å². The minimum absolute atomic E-state index is 0.891. The summed E-state index contributed by atoms with van der Waals surface area (Å²) >= 11 is 1.77. The molecule has 0 N–H and O–H groups in total. The van der Waals surface area contributed by atoms with Crippen LogP contribution in [0.4, 0.5) is 0 Å². The summed E-state index contributed by atoms with van der Waals surface area (Å²) in [5.41, 5.74) is 1.83. The molecule has 4 heterocycles. The van der Waals surface area contributed by atoms with Gasteiger partial charge in [-0.25, -0.2) is 0 Å². The van der Waals surface area contributed by atoms with Crippen LogP contribution >= 0.6 is 11.3 Å². The Hall–Kier alpha value is -2.85. The zero-order valence-corrected chi connectivity index (χ0v) is 12.9. The molecule has 1 aromatic carbocycles. The van der Waals surface area contributed by atoms with Crippen molar-refractivity contribution in [1.29, 1.82) is 0 Å². The summed E-state index contributed by atoms with van der Waals surface area (Å²) in [4.78, 5) is 13.4. The van der Waals surface area contributed by atoms with Gasteiger partial charge in [-0.15, -0.1) is 11.3 Å². The van der Waals surface area contributed by atoms with Crippen LogP contribution in [-0.4, -0.2) is 15.0 Å². The fourth-order valence-electron chi connectivity index (χ4n) is 2.94. The number of aromatic nitrogens is 3. The Morgan fingerprint density at radius 3 is 2.74 bits per heavy atom. The average molecular weight is 313 g/mol. The summed E-state index contributed by atoms with van der Waals surface area (Å²) in [6, 6.07) is 14.6. The predicted octanol–water partition coefficient (Wildman–Crippen LogP) is 5.06. The molecule has 0 atom stereocenters. The molecule has 0 aliphatic heterocycles. The first kappa shape index (κ1) is 12.7. The molecule has 0 aliphatic rings. The largest absolute Gasteiger partial charge is 0.264 e. The molecule has 0 spiro atoms. The highest BCUT2D eigenvalue weighted by molar-refractivity contribution is 7.26. The zero-order chi connectivity index (χ0) is 15.2. The minimum Gasteiger partial charge on any atom is -0.264 e. The van der Waals surface area contributed by atoms with Gasteiger partial charge in [0.05, 0.1) is 10.4 Å². The van der Waals surface area contributed by atoms with E-state index in [2.05, 4.69) is 51.4 Å². The van der Waals surface area contributed by atoms with Gasteiger partial charge in [-0.1, -0.05) is 18.2 Å². The van der Waals surface area contributed by atoms with E-state index in [1.165, 1.54) is 20.2 Å². The Kier molecular flexibility index (Phi) is 2.66. The van der Waals surface area contributed by atoms with Crippen molar-refractivity contribution in [3.8, 4) is 11.4 Å². The summed E-state index contributed by atoms with van der Waals surface area (Å²) in [6.45, 7) is 0. The standard InChI is InChI=1S/C19H11N3S/c1-2-4-17-14(3-1)15-6-8-21-18(19(15)23-17)16-9-13-10-20-7-5-12(13)11-22-16/h1-11H. The third-order valence-corrected chi connectivity index (χ3v) is 5.25. The van der Waals surface area contributed by atoms with Gasteiger partial charge in [-0.05, 0) is 24.3 Å². The second kappa shape index (κ2) is 4.83. The topological polar surface area (TPSA) is 38.7 Å². The molecular formula is C19H11N3S. The number of benzene rings is 1. The van der Waals surface area contributed by atoms with E-state index in [1.807, 2.05) is 24.7 Å². The molecule has 0 aliphatic carbocycles. The SMILES string of the molecule is c1ccc2c(c1)sc1c(-c3cc4cnccc4cn3)nccc12. The van der Waals surface area contributed by atoms with E-state index < -0.39 is 0 Å². The lowest BCUT2D eigenvalue weighted by atomic mass is 10.1. The first-order valence-electron chi connectivity index (χ1n) is 7.36. The molecular weight excluding hydrogens is 302 g/mol. The molecule has 4 heteroatoms. The van der Waals surface area contributed by atoms with Gasteiger partial charge < -0.3 is 0 Å². The van der Waals surface area contributed by atoms with Gasteiger partial charge >= 0.3 is 0 Å². The maximum Gasteiger partial charge on any atom is 0.106 e. The quantitative estimate of drug-likeness (QED) is 0.434. The van der Waals surface area contributed by atoms with Crippen molar-refractivity contribution in [2.45, 2.75) is 0 Å². The van der Waals surface area contributed by atoms with Gasteiger partial charge in [0.15, 0.2) is 0 Å². The zero-order valence-electron chi connectivity index (χ0n) is 12.1. The van der Waals surface area contributed by atoms with E-state index in [4.69, 9.17) is 0 Å². The summed E-state index contributed by atoms with van der Waals surface area (Å²) in [7, 11) is 0. The Labute approximate surface area is 136 Å². The fraction of sp³-hybridized carbons (Fsp3) is 0. The third-order valence-electron chi connectivity index (χ3n) is 4.06. The first-order valence-corrected chi connectivity index (χ1v) is 8.18. The van der Waals surface area contributed by atoms with Gasteiger partial charge in [0.1, 0.15) is 5.69 Å². The fourth-order valence-corrected chi connectivity index (χ4v) is 4.14. The molecule has 0 amide bonds. The van der Waals surface area contributed by atoms with Crippen molar-refractivity contribution in [3.63, 3.8) is 0 Å². The van der Waals surface area contributed by atoms with Crippen LogP contribution < -0.4 is 0 Å². The number of hydrogen-bond donors (Lipinski definition) is 0. The lowest BCUT2D eigenvalue weighted by Gasteiger charge is -2.03. The Bertz CT molecular complexity index is 1180. The lowest BCUT2D eigenvalue weighted by Crippen LogP contribution is -1.88. The predicted molar refractivity (Wildman–Crippen MR) is 95.7 cm³/mol. The maximum absolute atomic E-state index is 4.61. The molecule has 23 heavy (non-hydrogen) atoms. The molecule has 0 bridgehead atoms. The first-order chi connectivity index (χ1) is 11.4. The number of hydrogen-bond acceptors (Lipinski definition) is 4. The van der Waals surface area contributed by atoms with Crippen molar-refractivity contribution >= 4 is 42.3 Å². The molecule has 0 saturated carbocycles. The van der Waals surface area contributed by atoms with Crippen LogP contribution in [-0.2, 0) is 0 Å². The summed E-state index contributed by atoms with van der Waals surface area (Å²) < 4.78 is 2.46. The number of thiophene rings is 1. The van der Waals surface area contributed by atoms with Crippen LogP contribution in [0.5, 0.6) is 0 Å². The summed E-state index contributed by atoms with van der Waals surface area (Å²) in [5.74, 6) is 0. The summed E-state index contributed by atoms with van der Waals surface area (Å²) in [6.07, 6.45) is 7.41. The van der Waals surface area contributed by atoms with Crippen molar-refractivity contribution in [3.05, 3.63) is 67.3 Å². The van der Waals surface area contributed by atoms with Crippen LogP contribution in [0.25, 0.3) is 42.3 Å². The van der Waals surface area contributed by atoms with E-state index in [0.29, 0.717) is 0 Å². The molecule has 3 nitrogen and oxygen atoms in total. The second-order valence-corrected chi connectivity index (χ2v) is 6.48. The van der Waals surface area contributed by atoms with Crippen LogP contribution in [0.1, 0.15) is 0 Å². The van der Waals surface area contributed by atoms with Crippen molar-refractivity contribution < 1.29 is 0 Å². The molecule has 5 rings (SSSR count). The number of rotatable bonds is 1. The normalized spacial score (nSPS) is 11.5. The minimum atomic E-state index is 0.891. The molecule has 108 valence electrons.